The van der Waals surface area contributed by atoms with Gasteiger partial charge in [0.15, 0.2) is 23.9 Å². The number of methoxy groups -OCH3 is 1. The minimum atomic E-state index is -0.195. The number of hydrogen-bond donors (Lipinski definition) is 1. The molecule has 3 rings (SSSR count). The number of rotatable bonds is 8. The van der Waals surface area contributed by atoms with Crippen molar-refractivity contribution in [2.45, 2.75) is 6.92 Å². The number of nitrogens with one attached hydrogen (secondary N) is 1. The van der Waals surface area contributed by atoms with Crippen LogP contribution in [0.2, 0.25) is 0 Å². The molecule has 29 heavy (non-hydrogen) atoms. The molecule has 0 atom stereocenters. The van der Waals surface area contributed by atoms with Crippen LogP contribution in [0.1, 0.15) is 22.8 Å². The molecule has 0 aliphatic carbocycles. The van der Waals surface area contributed by atoms with Crippen LogP contribution in [-0.2, 0) is 4.79 Å². The quantitative estimate of drug-likeness (QED) is 0.462. The van der Waals surface area contributed by atoms with Gasteiger partial charge in [-0.2, -0.15) is 0 Å². The number of likely N-dealkylation sites (N-methyl/N-ethyl adjacent to an activating group) is 1. The number of amides is 1. The second-order valence-electron chi connectivity index (χ2n) is 6.41. The fraction of sp³-hybridized carbons (Fsp3) is 0.167. The van der Waals surface area contributed by atoms with Crippen LogP contribution in [0.4, 0.5) is 0 Å². The van der Waals surface area contributed by atoms with E-state index in [4.69, 9.17) is 9.47 Å². The lowest BCUT2D eigenvalue weighted by Crippen LogP contribution is -2.28. The van der Waals surface area contributed by atoms with E-state index in [0.29, 0.717) is 23.6 Å². The largest absolute Gasteiger partial charge is 0.493 e. The summed E-state index contributed by atoms with van der Waals surface area (Å²) in [4.78, 5) is 24.1. The van der Waals surface area contributed by atoms with E-state index in [0.717, 1.165) is 16.3 Å². The molecule has 1 N–H and O–H groups in total. The Kier molecular flexibility index (Phi) is 6.63. The zero-order valence-electron chi connectivity index (χ0n) is 16.5. The van der Waals surface area contributed by atoms with Crippen LogP contribution < -0.4 is 14.8 Å². The first-order valence-electron chi connectivity index (χ1n) is 9.39. The first-order chi connectivity index (χ1) is 14.1. The molecule has 0 bridgehead atoms. The fourth-order valence-corrected chi connectivity index (χ4v) is 2.91. The number of hydrogen-bond acceptors (Lipinski definition) is 4. The number of benzene rings is 3. The second-order valence-corrected chi connectivity index (χ2v) is 6.41. The molecule has 3 aromatic carbocycles. The summed E-state index contributed by atoms with van der Waals surface area (Å²) < 4.78 is 10.8. The Bertz CT molecular complexity index is 1060. The van der Waals surface area contributed by atoms with Crippen molar-refractivity contribution >= 4 is 28.5 Å². The Labute approximate surface area is 170 Å². The standard InChI is InChI=1S/C24H23NO4/c1-3-25-24(27)16-29-22-13-9-17(14-23(22)28-2)8-12-21(26)20-11-10-18-6-4-5-7-19(18)15-20/h4-15H,3,16H2,1-2H3,(H,25,27)/b12-8+. The van der Waals surface area contributed by atoms with Crippen molar-refractivity contribution in [1.82, 2.24) is 5.32 Å². The molecule has 0 saturated carbocycles. The molecular weight excluding hydrogens is 366 g/mol. The predicted molar refractivity (Wildman–Crippen MR) is 114 cm³/mol. The van der Waals surface area contributed by atoms with Crippen molar-refractivity contribution in [2.24, 2.45) is 0 Å². The van der Waals surface area contributed by atoms with Gasteiger partial charge in [0.25, 0.3) is 5.91 Å². The average Bonchev–Trinajstić information content (AvgIpc) is 2.76. The molecule has 0 fully saturated rings. The molecule has 0 saturated heterocycles. The van der Waals surface area contributed by atoms with Crippen LogP contribution in [-0.4, -0.2) is 32.0 Å². The number of carbonyl (C=O) groups excluding carboxylic acids is 2. The smallest absolute Gasteiger partial charge is 0.257 e. The van der Waals surface area contributed by atoms with Gasteiger partial charge in [-0.25, -0.2) is 0 Å². The van der Waals surface area contributed by atoms with Gasteiger partial charge in [0.05, 0.1) is 7.11 Å². The number of fused-ring (bicyclic) bond motifs is 1. The monoisotopic (exact) mass is 389 g/mol. The maximum absolute atomic E-state index is 12.5. The van der Waals surface area contributed by atoms with Gasteiger partial charge in [-0.05, 0) is 47.5 Å². The first-order valence-corrected chi connectivity index (χ1v) is 9.39. The van der Waals surface area contributed by atoms with Crippen LogP contribution in [0.5, 0.6) is 11.5 Å². The van der Waals surface area contributed by atoms with E-state index in [1.54, 1.807) is 24.3 Å². The van der Waals surface area contributed by atoms with Crippen molar-refractivity contribution in [3.8, 4) is 11.5 Å². The third-order valence-corrected chi connectivity index (χ3v) is 4.38. The average molecular weight is 389 g/mol. The van der Waals surface area contributed by atoms with Gasteiger partial charge in [-0.3, -0.25) is 9.59 Å². The fourth-order valence-electron chi connectivity index (χ4n) is 2.91. The lowest BCUT2D eigenvalue weighted by atomic mass is 10.0. The predicted octanol–water partition coefficient (Wildman–Crippen LogP) is 4.26. The molecule has 0 aliphatic heterocycles. The zero-order chi connectivity index (χ0) is 20.6. The summed E-state index contributed by atoms with van der Waals surface area (Å²) in [6.45, 7) is 2.31. The molecule has 0 heterocycles. The Morgan fingerprint density at radius 2 is 1.76 bits per heavy atom. The molecule has 0 aliphatic rings. The van der Waals surface area contributed by atoms with E-state index in [-0.39, 0.29) is 18.3 Å². The topological polar surface area (TPSA) is 64.6 Å². The Hall–Kier alpha value is -3.60. The summed E-state index contributed by atoms with van der Waals surface area (Å²) in [6, 6.07) is 18.9. The molecule has 5 nitrogen and oxygen atoms in total. The highest BCUT2D eigenvalue weighted by atomic mass is 16.5. The number of allylic oxidation sites excluding steroid dienone is 1. The highest BCUT2D eigenvalue weighted by Crippen LogP contribution is 2.28. The first kappa shape index (κ1) is 20.1. The van der Waals surface area contributed by atoms with Crippen molar-refractivity contribution in [1.29, 1.82) is 0 Å². The Morgan fingerprint density at radius 3 is 2.52 bits per heavy atom. The molecule has 5 heteroatoms. The number of ether oxygens (including phenoxy) is 2. The molecular formula is C24H23NO4. The maximum Gasteiger partial charge on any atom is 0.257 e. The van der Waals surface area contributed by atoms with E-state index in [2.05, 4.69) is 5.32 Å². The van der Waals surface area contributed by atoms with Gasteiger partial charge in [0.1, 0.15) is 0 Å². The number of ketones is 1. The normalized spacial score (nSPS) is 10.8. The highest BCUT2D eigenvalue weighted by molar-refractivity contribution is 6.08. The molecule has 148 valence electrons. The molecule has 0 aromatic heterocycles. The zero-order valence-corrected chi connectivity index (χ0v) is 16.5. The van der Waals surface area contributed by atoms with Crippen LogP contribution in [0.3, 0.4) is 0 Å². The summed E-state index contributed by atoms with van der Waals surface area (Å²) in [6.07, 6.45) is 3.27. The highest BCUT2D eigenvalue weighted by Gasteiger charge is 2.08. The van der Waals surface area contributed by atoms with Crippen molar-refractivity contribution in [3.63, 3.8) is 0 Å². The van der Waals surface area contributed by atoms with E-state index < -0.39 is 0 Å². The molecule has 3 aromatic rings. The van der Waals surface area contributed by atoms with Crippen LogP contribution in [0, 0.1) is 0 Å². The summed E-state index contributed by atoms with van der Waals surface area (Å²) in [7, 11) is 1.53. The third kappa shape index (κ3) is 5.23. The third-order valence-electron chi connectivity index (χ3n) is 4.38. The van der Waals surface area contributed by atoms with E-state index in [1.165, 1.54) is 13.2 Å². The minimum absolute atomic E-state index is 0.0775. The van der Waals surface area contributed by atoms with E-state index in [1.807, 2.05) is 49.4 Å². The lowest BCUT2D eigenvalue weighted by Gasteiger charge is -2.11. The molecule has 0 spiro atoms. The van der Waals surface area contributed by atoms with Crippen LogP contribution in [0.25, 0.3) is 16.8 Å². The van der Waals surface area contributed by atoms with Gasteiger partial charge < -0.3 is 14.8 Å². The SMILES string of the molecule is CCNC(=O)COc1ccc(/C=C/C(=O)c2ccc3ccccc3c2)cc1OC. The van der Waals surface area contributed by atoms with Crippen molar-refractivity contribution in [3.05, 3.63) is 77.9 Å². The van der Waals surface area contributed by atoms with Gasteiger partial charge in [0.2, 0.25) is 0 Å². The summed E-state index contributed by atoms with van der Waals surface area (Å²) in [5, 5.41) is 4.80. The van der Waals surface area contributed by atoms with E-state index >= 15 is 0 Å². The summed E-state index contributed by atoms with van der Waals surface area (Å²) >= 11 is 0. The van der Waals surface area contributed by atoms with Gasteiger partial charge in [-0.15, -0.1) is 0 Å². The molecule has 0 radical (unpaired) electrons. The van der Waals surface area contributed by atoms with Gasteiger partial charge in [0, 0.05) is 12.1 Å². The minimum Gasteiger partial charge on any atom is -0.493 e. The second kappa shape index (κ2) is 9.55. The van der Waals surface area contributed by atoms with E-state index in [9.17, 15) is 9.59 Å². The summed E-state index contributed by atoms with van der Waals surface area (Å²) in [5.41, 5.74) is 1.43. The van der Waals surface area contributed by atoms with Crippen molar-refractivity contribution in [2.75, 3.05) is 20.3 Å². The van der Waals surface area contributed by atoms with Crippen LogP contribution in [0.15, 0.2) is 66.7 Å². The van der Waals surface area contributed by atoms with Crippen LogP contribution >= 0.6 is 0 Å². The summed E-state index contributed by atoms with van der Waals surface area (Å²) in [5.74, 6) is 0.692. The maximum atomic E-state index is 12.5. The Morgan fingerprint density at radius 1 is 0.966 bits per heavy atom. The Balaban J connectivity index is 1.72. The lowest BCUT2D eigenvalue weighted by molar-refractivity contribution is -0.123. The molecule has 1 amide bonds. The van der Waals surface area contributed by atoms with Gasteiger partial charge >= 0.3 is 0 Å². The van der Waals surface area contributed by atoms with Gasteiger partial charge in [-0.1, -0.05) is 48.5 Å². The van der Waals surface area contributed by atoms with Crippen molar-refractivity contribution < 1.29 is 19.1 Å². The number of carbonyl (C=O) groups is 2. The molecule has 0 unspecified atom stereocenters.